The first-order valence-electron chi connectivity index (χ1n) is 6.02. The predicted molar refractivity (Wildman–Crippen MR) is 62.7 cm³/mol. The standard InChI is InChI=1S/C13H15F2NO2/c14-11-7-8(5-9-3-1-2-4-16-9)6-10(12(11)15)13(17)18/h6-7,9,16H,1-5H2,(H,17,18). The molecule has 18 heavy (non-hydrogen) atoms. The third kappa shape index (κ3) is 2.85. The van der Waals surface area contributed by atoms with Gasteiger partial charge in [-0.3, -0.25) is 0 Å². The molecule has 1 unspecified atom stereocenters. The summed E-state index contributed by atoms with van der Waals surface area (Å²) < 4.78 is 26.5. The first-order chi connectivity index (χ1) is 8.58. The molecule has 3 nitrogen and oxygen atoms in total. The Morgan fingerprint density at radius 3 is 2.78 bits per heavy atom. The number of hydrogen-bond acceptors (Lipinski definition) is 2. The summed E-state index contributed by atoms with van der Waals surface area (Å²) in [5.74, 6) is -3.83. The Bertz CT molecular complexity index is 457. The number of piperidine rings is 1. The molecule has 0 aromatic heterocycles. The van der Waals surface area contributed by atoms with Crippen molar-refractivity contribution in [3.05, 3.63) is 34.9 Å². The van der Waals surface area contributed by atoms with Gasteiger partial charge in [-0.2, -0.15) is 0 Å². The van der Waals surface area contributed by atoms with Crippen molar-refractivity contribution in [3.8, 4) is 0 Å². The minimum Gasteiger partial charge on any atom is -0.478 e. The van der Waals surface area contributed by atoms with Crippen LogP contribution in [0.3, 0.4) is 0 Å². The Morgan fingerprint density at radius 1 is 1.39 bits per heavy atom. The highest BCUT2D eigenvalue weighted by atomic mass is 19.2. The van der Waals surface area contributed by atoms with Gasteiger partial charge in [0.1, 0.15) is 0 Å². The molecule has 98 valence electrons. The van der Waals surface area contributed by atoms with E-state index in [2.05, 4.69) is 5.32 Å². The van der Waals surface area contributed by atoms with Crippen LogP contribution in [0.4, 0.5) is 8.78 Å². The molecule has 1 atom stereocenters. The topological polar surface area (TPSA) is 49.3 Å². The number of carboxylic acid groups (broad SMARTS) is 1. The SMILES string of the molecule is O=C(O)c1cc(CC2CCCCN2)cc(F)c1F. The van der Waals surface area contributed by atoms with Crippen molar-refractivity contribution in [2.24, 2.45) is 0 Å². The van der Waals surface area contributed by atoms with Gasteiger partial charge < -0.3 is 10.4 Å². The first kappa shape index (κ1) is 13.0. The average Bonchev–Trinajstić information content (AvgIpc) is 2.34. The lowest BCUT2D eigenvalue weighted by molar-refractivity contribution is 0.0690. The van der Waals surface area contributed by atoms with E-state index in [1.165, 1.54) is 6.07 Å². The van der Waals surface area contributed by atoms with Crippen LogP contribution in [-0.4, -0.2) is 23.7 Å². The van der Waals surface area contributed by atoms with Gasteiger partial charge in [0, 0.05) is 6.04 Å². The summed E-state index contributed by atoms with van der Waals surface area (Å²) in [6, 6.07) is 2.51. The average molecular weight is 255 g/mol. The number of nitrogens with one attached hydrogen (secondary N) is 1. The monoisotopic (exact) mass is 255 g/mol. The molecule has 1 heterocycles. The van der Waals surface area contributed by atoms with Crippen LogP contribution >= 0.6 is 0 Å². The highest BCUT2D eigenvalue weighted by Gasteiger charge is 2.19. The van der Waals surface area contributed by atoms with Crippen molar-refractivity contribution in [3.63, 3.8) is 0 Å². The highest BCUT2D eigenvalue weighted by Crippen LogP contribution is 2.18. The molecule has 1 fully saturated rings. The third-order valence-corrected chi connectivity index (χ3v) is 3.21. The maximum absolute atomic E-state index is 13.3. The van der Waals surface area contributed by atoms with Crippen molar-refractivity contribution in [1.82, 2.24) is 5.32 Å². The Balaban J connectivity index is 2.20. The lowest BCUT2D eigenvalue weighted by Gasteiger charge is -2.23. The maximum Gasteiger partial charge on any atom is 0.338 e. The number of halogens is 2. The van der Waals surface area contributed by atoms with E-state index in [1.807, 2.05) is 0 Å². The van der Waals surface area contributed by atoms with E-state index in [0.717, 1.165) is 31.9 Å². The second kappa shape index (κ2) is 5.44. The van der Waals surface area contributed by atoms with Gasteiger partial charge in [0.2, 0.25) is 0 Å². The largest absolute Gasteiger partial charge is 0.478 e. The van der Waals surface area contributed by atoms with Gasteiger partial charge in [0.05, 0.1) is 5.56 Å². The van der Waals surface area contributed by atoms with Crippen LogP contribution in [0, 0.1) is 11.6 Å². The zero-order valence-corrected chi connectivity index (χ0v) is 9.88. The van der Waals surface area contributed by atoms with Gasteiger partial charge in [-0.15, -0.1) is 0 Å². The maximum atomic E-state index is 13.3. The molecule has 0 bridgehead atoms. The number of benzene rings is 1. The van der Waals surface area contributed by atoms with E-state index >= 15 is 0 Å². The molecule has 1 aliphatic rings. The van der Waals surface area contributed by atoms with Crippen LogP contribution < -0.4 is 5.32 Å². The van der Waals surface area contributed by atoms with Crippen molar-refractivity contribution >= 4 is 5.97 Å². The third-order valence-electron chi connectivity index (χ3n) is 3.21. The molecular formula is C13H15F2NO2. The molecule has 5 heteroatoms. The van der Waals surface area contributed by atoms with Crippen LogP contribution in [-0.2, 0) is 6.42 Å². The Kier molecular flexibility index (Phi) is 3.91. The smallest absolute Gasteiger partial charge is 0.338 e. The summed E-state index contributed by atoms with van der Waals surface area (Å²) >= 11 is 0. The lowest BCUT2D eigenvalue weighted by Crippen LogP contribution is -2.35. The van der Waals surface area contributed by atoms with Crippen molar-refractivity contribution in [2.75, 3.05) is 6.54 Å². The van der Waals surface area contributed by atoms with Crippen LogP contribution in [0.15, 0.2) is 12.1 Å². The van der Waals surface area contributed by atoms with Gasteiger partial charge >= 0.3 is 5.97 Å². The van der Waals surface area contributed by atoms with Crippen LogP contribution in [0.5, 0.6) is 0 Å². The molecular weight excluding hydrogens is 240 g/mol. The predicted octanol–water partition coefficient (Wildman–Crippen LogP) is 2.35. The molecule has 2 rings (SSSR count). The Hall–Kier alpha value is -1.49. The summed E-state index contributed by atoms with van der Waals surface area (Å²) in [7, 11) is 0. The first-order valence-corrected chi connectivity index (χ1v) is 6.02. The van der Waals surface area contributed by atoms with Gasteiger partial charge in [0.25, 0.3) is 0 Å². The fraction of sp³-hybridized carbons (Fsp3) is 0.462. The molecule has 0 aliphatic carbocycles. The molecule has 0 saturated carbocycles. The summed E-state index contributed by atoms with van der Waals surface area (Å²) in [6.45, 7) is 0.917. The van der Waals surface area contributed by atoms with Crippen molar-refractivity contribution in [1.29, 1.82) is 0 Å². The van der Waals surface area contributed by atoms with E-state index in [9.17, 15) is 13.6 Å². The second-order valence-electron chi connectivity index (χ2n) is 4.60. The molecule has 1 aliphatic heterocycles. The van der Waals surface area contributed by atoms with Crippen LogP contribution in [0.1, 0.15) is 35.2 Å². The fourth-order valence-corrected chi connectivity index (χ4v) is 2.30. The zero-order chi connectivity index (χ0) is 13.1. The van der Waals surface area contributed by atoms with E-state index in [-0.39, 0.29) is 6.04 Å². The minimum absolute atomic E-state index is 0.213. The van der Waals surface area contributed by atoms with Crippen molar-refractivity contribution < 1.29 is 18.7 Å². The van der Waals surface area contributed by atoms with E-state index in [1.54, 1.807) is 0 Å². The number of hydrogen-bond donors (Lipinski definition) is 2. The summed E-state index contributed by atoms with van der Waals surface area (Å²) in [4.78, 5) is 10.8. The van der Waals surface area contributed by atoms with E-state index in [4.69, 9.17) is 5.11 Å². The van der Waals surface area contributed by atoms with E-state index < -0.39 is 23.2 Å². The lowest BCUT2D eigenvalue weighted by atomic mass is 9.96. The number of rotatable bonds is 3. The molecule has 0 radical (unpaired) electrons. The molecule has 0 amide bonds. The molecule has 2 N–H and O–H groups in total. The Labute approximate surface area is 104 Å². The summed E-state index contributed by atoms with van der Waals surface area (Å²) in [5, 5.41) is 12.1. The number of carboxylic acids is 1. The van der Waals surface area contributed by atoms with Gasteiger partial charge in [0.15, 0.2) is 11.6 Å². The van der Waals surface area contributed by atoms with Gasteiger partial charge in [-0.25, -0.2) is 13.6 Å². The van der Waals surface area contributed by atoms with Gasteiger partial charge in [-0.05, 0) is 43.5 Å². The van der Waals surface area contributed by atoms with Crippen molar-refractivity contribution in [2.45, 2.75) is 31.7 Å². The van der Waals surface area contributed by atoms with Crippen LogP contribution in [0.25, 0.3) is 0 Å². The zero-order valence-electron chi connectivity index (χ0n) is 9.88. The highest BCUT2D eigenvalue weighted by molar-refractivity contribution is 5.88. The minimum atomic E-state index is -1.44. The normalized spacial score (nSPS) is 19.8. The van der Waals surface area contributed by atoms with E-state index in [0.29, 0.717) is 12.0 Å². The van der Waals surface area contributed by atoms with Crippen LogP contribution in [0.2, 0.25) is 0 Å². The molecule has 0 spiro atoms. The quantitative estimate of drug-likeness (QED) is 0.871. The van der Waals surface area contributed by atoms with Gasteiger partial charge in [-0.1, -0.05) is 6.42 Å². The molecule has 1 aromatic carbocycles. The molecule has 1 aromatic rings. The number of carbonyl (C=O) groups is 1. The number of aromatic carboxylic acids is 1. The fourth-order valence-electron chi connectivity index (χ4n) is 2.30. The summed E-state index contributed by atoms with van der Waals surface area (Å²) in [5.41, 5.74) is -0.0773. The Morgan fingerprint density at radius 2 is 2.17 bits per heavy atom. The second-order valence-corrected chi connectivity index (χ2v) is 4.60. The summed E-state index contributed by atoms with van der Waals surface area (Å²) in [6.07, 6.45) is 3.72. The molecule has 1 saturated heterocycles.